The monoisotopic (exact) mass is 521 g/mol. The summed E-state index contributed by atoms with van der Waals surface area (Å²) in [6.45, 7) is 8.31. The summed E-state index contributed by atoms with van der Waals surface area (Å²) < 4.78 is 0. The summed E-state index contributed by atoms with van der Waals surface area (Å²) in [7, 11) is -1.13. The van der Waals surface area contributed by atoms with Gasteiger partial charge in [-0.3, -0.25) is 0 Å². The minimum absolute atomic E-state index is 0.376. The zero-order valence-corrected chi connectivity index (χ0v) is 23.8. The summed E-state index contributed by atoms with van der Waals surface area (Å²) in [6.07, 6.45) is 15.0. The van der Waals surface area contributed by atoms with Gasteiger partial charge in [-0.25, -0.2) is 4.98 Å². The number of benzene rings is 1. The van der Waals surface area contributed by atoms with Crippen LogP contribution in [0.5, 0.6) is 0 Å². The fourth-order valence-corrected chi connectivity index (χ4v) is 9.24. The van der Waals surface area contributed by atoms with Gasteiger partial charge in [-0.05, 0) is 84.4 Å². The highest BCUT2D eigenvalue weighted by Crippen LogP contribution is 2.42. The van der Waals surface area contributed by atoms with Crippen molar-refractivity contribution in [2.24, 2.45) is 5.92 Å². The van der Waals surface area contributed by atoms with Crippen LogP contribution >= 0.6 is 0 Å². The smallest absolute Gasteiger partial charge is 0.124 e. The Hall–Kier alpha value is -2.93. The van der Waals surface area contributed by atoms with Crippen LogP contribution in [0.15, 0.2) is 48.6 Å². The third kappa shape index (κ3) is 4.29. The van der Waals surface area contributed by atoms with Crippen LogP contribution in [0.1, 0.15) is 72.3 Å². The third-order valence-electron chi connectivity index (χ3n) is 9.03. The number of rotatable bonds is 5. The van der Waals surface area contributed by atoms with Crippen molar-refractivity contribution in [3.05, 3.63) is 82.6 Å². The van der Waals surface area contributed by atoms with Crippen molar-refractivity contribution in [1.82, 2.24) is 25.6 Å². The highest BCUT2D eigenvalue weighted by molar-refractivity contribution is 6.78. The van der Waals surface area contributed by atoms with Crippen LogP contribution in [-0.2, 0) is 6.42 Å². The molecular formula is C32H39N5Si. The van der Waals surface area contributed by atoms with Crippen LogP contribution in [0.25, 0.3) is 28.5 Å². The minimum atomic E-state index is -1.13. The molecule has 2 saturated heterocycles. The van der Waals surface area contributed by atoms with Crippen molar-refractivity contribution in [3.63, 3.8) is 0 Å². The number of fused-ring (bicyclic) bond motifs is 3. The molecule has 4 heterocycles. The molecule has 7 rings (SSSR count). The number of imidazole rings is 1. The lowest BCUT2D eigenvalue weighted by atomic mass is 9.80. The predicted octanol–water partition coefficient (Wildman–Crippen LogP) is 6.80. The number of hydrogen-bond donors (Lipinski definition) is 4. The van der Waals surface area contributed by atoms with Crippen LogP contribution in [0.4, 0.5) is 0 Å². The van der Waals surface area contributed by atoms with Crippen LogP contribution in [-0.4, -0.2) is 35.7 Å². The number of aromatic amines is 2. The predicted molar refractivity (Wildman–Crippen MR) is 160 cm³/mol. The fraction of sp³-hybridized carbons (Fsp3) is 0.406. The van der Waals surface area contributed by atoms with Gasteiger partial charge in [0, 0.05) is 23.3 Å². The first kappa shape index (κ1) is 24.1. The van der Waals surface area contributed by atoms with Gasteiger partial charge >= 0.3 is 0 Å². The van der Waals surface area contributed by atoms with Crippen molar-refractivity contribution in [2.75, 3.05) is 12.7 Å². The van der Waals surface area contributed by atoms with Gasteiger partial charge in [0.05, 0.1) is 25.5 Å². The molecule has 4 aliphatic rings. The van der Waals surface area contributed by atoms with E-state index in [2.05, 4.69) is 95.3 Å². The number of H-pyrrole nitrogens is 2. The largest absolute Gasteiger partial charge is 0.357 e. The molecule has 196 valence electrons. The molecule has 0 bridgehead atoms. The molecule has 2 aliphatic carbocycles. The average molecular weight is 522 g/mol. The number of hydrogen-bond acceptors (Lipinski definition) is 3. The molecule has 38 heavy (non-hydrogen) atoms. The SMILES string of the molecule is CCc1cc(-c2ccc(C3=CC=C4c5nc(C6C[Si](C)(C)CN6)[nH]c5C=CC4C3)cc2)[nH]c1C1CCCN1. The maximum atomic E-state index is 5.12. The van der Waals surface area contributed by atoms with E-state index in [4.69, 9.17) is 4.98 Å². The quantitative estimate of drug-likeness (QED) is 0.279. The van der Waals surface area contributed by atoms with Gasteiger partial charge in [0.25, 0.3) is 0 Å². The van der Waals surface area contributed by atoms with Gasteiger partial charge in [0.1, 0.15) is 5.82 Å². The Morgan fingerprint density at radius 3 is 2.58 bits per heavy atom. The second kappa shape index (κ2) is 9.37. The molecule has 0 radical (unpaired) electrons. The number of nitrogens with one attached hydrogen (secondary N) is 4. The van der Waals surface area contributed by atoms with Crippen molar-refractivity contribution in [2.45, 2.75) is 63.8 Å². The van der Waals surface area contributed by atoms with E-state index >= 15 is 0 Å². The first-order chi connectivity index (χ1) is 18.5. The Balaban J connectivity index is 1.12. The van der Waals surface area contributed by atoms with Gasteiger partial charge in [0.2, 0.25) is 0 Å². The van der Waals surface area contributed by atoms with Gasteiger partial charge < -0.3 is 20.6 Å². The van der Waals surface area contributed by atoms with E-state index in [1.54, 1.807) is 0 Å². The highest BCUT2D eigenvalue weighted by Gasteiger charge is 2.36. The highest BCUT2D eigenvalue weighted by atomic mass is 28.3. The van der Waals surface area contributed by atoms with Gasteiger partial charge in [-0.15, -0.1) is 0 Å². The maximum absolute atomic E-state index is 5.12. The van der Waals surface area contributed by atoms with E-state index in [1.165, 1.54) is 70.0 Å². The summed E-state index contributed by atoms with van der Waals surface area (Å²) in [5.74, 6) is 1.50. The second-order valence-electron chi connectivity index (χ2n) is 12.4. The molecule has 2 fully saturated rings. The summed E-state index contributed by atoms with van der Waals surface area (Å²) in [5.41, 5.74) is 11.7. The molecule has 0 saturated carbocycles. The Kier molecular flexibility index (Phi) is 5.95. The van der Waals surface area contributed by atoms with E-state index in [0.717, 1.165) is 30.9 Å². The Morgan fingerprint density at radius 1 is 1.00 bits per heavy atom. The first-order valence-electron chi connectivity index (χ1n) is 14.5. The summed E-state index contributed by atoms with van der Waals surface area (Å²) >= 11 is 0. The summed E-state index contributed by atoms with van der Waals surface area (Å²) in [6, 6.07) is 13.6. The van der Waals surface area contributed by atoms with E-state index in [9.17, 15) is 0 Å². The molecule has 3 aromatic rings. The molecule has 3 atom stereocenters. The zero-order chi connectivity index (χ0) is 25.9. The molecule has 6 heteroatoms. The normalized spacial score (nSPS) is 25.7. The average Bonchev–Trinajstić information content (AvgIpc) is 3.73. The molecule has 1 aromatic carbocycles. The van der Waals surface area contributed by atoms with Crippen LogP contribution in [0.3, 0.4) is 0 Å². The number of aromatic nitrogens is 3. The van der Waals surface area contributed by atoms with Crippen molar-refractivity contribution in [1.29, 1.82) is 0 Å². The van der Waals surface area contributed by atoms with Crippen molar-refractivity contribution < 1.29 is 0 Å². The molecular weight excluding hydrogens is 482 g/mol. The van der Waals surface area contributed by atoms with Crippen LogP contribution < -0.4 is 10.6 Å². The maximum Gasteiger partial charge on any atom is 0.124 e. The van der Waals surface area contributed by atoms with E-state index in [0.29, 0.717) is 18.0 Å². The number of nitrogens with zero attached hydrogens (tertiary/aromatic N) is 1. The number of allylic oxidation sites excluding steroid dienone is 5. The van der Waals surface area contributed by atoms with Gasteiger partial charge in [-0.1, -0.05) is 62.5 Å². The summed E-state index contributed by atoms with van der Waals surface area (Å²) in [5, 5.41) is 7.37. The first-order valence-corrected chi connectivity index (χ1v) is 17.9. The lowest BCUT2D eigenvalue weighted by Gasteiger charge is -2.25. The standard InChI is InChI=1S/C32H39N5Si/c1-4-20-17-28(35-30(20)26-6-5-15-33-26)22-9-7-21(8-10-22)23-11-13-25-24(16-23)12-14-27-31(25)37-32(36-27)29-18-38(2,3)19-34-29/h7-14,17,24,26,29,33-35H,4-6,15-16,18-19H2,1-3H3,(H,36,37). The Labute approximate surface area is 227 Å². The number of aryl methyl sites for hydroxylation is 1. The van der Waals surface area contributed by atoms with Crippen LogP contribution in [0.2, 0.25) is 19.1 Å². The molecule has 0 spiro atoms. The zero-order valence-electron chi connectivity index (χ0n) is 22.8. The Morgan fingerprint density at radius 2 is 1.84 bits per heavy atom. The molecule has 2 aromatic heterocycles. The third-order valence-corrected chi connectivity index (χ3v) is 11.7. The van der Waals surface area contributed by atoms with E-state index in [1.807, 2.05) is 0 Å². The second-order valence-corrected chi connectivity index (χ2v) is 17.5. The topological polar surface area (TPSA) is 68.5 Å². The molecule has 0 amide bonds. The van der Waals surface area contributed by atoms with Crippen molar-refractivity contribution >= 4 is 25.3 Å². The van der Waals surface area contributed by atoms with E-state index in [-0.39, 0.29) is 0 Å². The molecule has 2 aliphatic heterocycles. The molecule has 4 N–H and O–H groups in total. The molecule has 3 unspecified atom stereocenters. The Bertz CT molecular complexity index is 1450. The minimum Gasteiger partial charge on any atom is -0.357 e. The fourth-order valence-electron chi connectivity index (χ4n) is 6.85. The van der Waals surface area contributed by atoms with E-state index < -0.39 is 8.07 Å². The van der Waals surface area contributed by atoms with Crippen molar-refractivity contribution in [3.8, 4) is 11.3 Å². The van der Waals surface area contributed by atoms with Crippen LogP contribution in [0, 0.1) is 5.92 Å². The van der Waals surface area contributed by atoms with Gasteiger partial charge in [0.15, 0.2) is 0 Å². The molecule has 5 nitrogen and oxygen atoms in total. The lowest BCUT2D eigenvalue weighted by Crippen LogP contribution is -2.28. The van der Waals surface area contributed by atoms with Gasteiger partial charge in [-0.2, -0.15) is 0 Å². The lowest BCUT2D eigenvalue weighted by molar-refractivity contribution is 0.625. The summed E-state index contributed by atoms with van der Waals surface area (Å²) in [4.78, 5) is 12.5.